The minimum absolute atomic E-state index is 0.164. The number of alkyl halides is 2. The van der Waals surface area contributed by atoms with Gasteiger partial charge in [-0.1, -0.05) is 48.5 Å². The Bertz CT molecular complexity index is 766. The zero-order valence-electron chi connectivity index (χ0n) is 19.5. The van der Waals surface area contributed by atoms with Gasteiger partial charge in [0.2, 0.25) is 0 Å². The molecule has 0 aromatic heterocycles. The first-order chi connectivity index (χ1) is 15.1. The van der Waals surface area contributed by atoms with Crippen molar-refractivity contribution in [2.75, 3.05) is 14.4 Å². The van der Waals surface area contributed by atoms with Crippen LogP contribution in [0.5, 0.6) is 0 Å². The van der Waals surface area contributed by atoms with E-state index in [1.807, 2.05) is 13.8 Å². The highest BCUT2D eigenvalue weighted by Gasteiger charge is 2.57. The van der Waals surface area contributed by atoms with Crippen molar-refractivity contribution in [3.05, 3.63) is 34.1 Å². The van der Waals surface area contributed by atoms with Gasteiger partial charge in [-0.2, -0.15) is 4.31 Å². The van der Waals surface area contributed by atoms with Crippen LogP contribution in [0.3, 0.4) is 0 Å². The van der Waals surface area contributed by atoms with Gasteiger partial charge in [-0.15, -0.1) is 3.89 Å². The molecule has 0 spiro atoms. The van der Waals surface area contributed by atoms with Gasteiger partial charge in [0, 0.05) is 21.2 Å². The van der Waals surface area contributed by atoms with Crippen molar-refractivity contribution < 1.29 is 26.6 Å². The van der Waals surface area contributed by atoms with Crippen LogP contribution in [0.2, 0.25) is 0 Å². The van der Waals surface area contributed by atoms with E-state index in [1.165, 1.54) is 17.8 Å². The predicted octanol–water partition coefficient (Wildman–Crippen LogP) is 8.33. The van der Waals surface area contributed by atoms with Crippen LogP contribution < -0.4 is 0 Å². The van der Waals surface area contributed by atoms with E-state index in [-0.39, 0.29) is 34.5 Å². The molecule has 11 heteroatoms. The highest BCUT2D eigenvalue weighted by Crippen LogP contribution is 2.60. The molecule has 1 aliphatic heterocycles. The van der Waals surface area contributed by atoms with Crippen molar-refractivity contribution in [3.63, 3.8) is 0 Å². The Morgan fingerprint density at radius 1 is 1.22 bits per heavy atom. The number of hydrogen-bond acceptors (Lipinski definition) is 5. The molecule has 184 valence electrons. The molecular weight excluding hydrogens is 532 g/mol. The molecule has 2 aliphatic rings. The summed E-state index contributed by atoms with van der Waals surface area (Å²) in [6, 6.07) is 4.24. The van der Waals surface area contributed by atoms with Gasteiger partial charge in [-0.3, -0.25) is 13.8 Å². The van der Waals surface area contributed by atoms with Crippen LogP contribution in [-0.4, -0.2) is 40.8 Å². The van der Waals surface area contributed by atoms with Crippen molar-refractivity contribution in [2.45, 2.75) is 58.4 Å². The van der Waals surface area contributed by atoms with Gasteiger partial charge in [0.15, 0.2) is 17.5 Å². The van der Waals surface area contributed by atoms with Crippen LogP contribution in [0.1, 0.15) is 53.1 Å². The summed E-state index contributed by atoms with van der Waals surface area (Å²) in [6.07, 6.45) is -0.823. The molecule has 1 heterocycles. The molecule has 32 heavy (non-hydrogen) atoms. The summed E-state index contributed by atoms with van der Waals surface area (Å²) in [4.78, 5) is 16.9. The molecule has 4 unspecified atom stereocenters. The fourth-order valence-corrected chi connectivity index (χ4v) is 5.26. The molecule has 1 aromatic rings. The number of ether oxygens (including phenoxy) is 1. The van der Waals surface area contributed by atoms with E-state index in [2.05, 4.69) is 27.8 Å². The normalized spacial score (nSPS) is 22.8. The smallest absolute Gasteiger partial charge is 0.428 e. The monoisotopic (exact) mass is 562 g/mol. The molecule has 0 saturated heterocycles. The number of carbonyl (C=O) groups is 1. The van der Waals surface area contributed by atoms with Crippen molar-refractivity contribution in [1.82, 2.24) is 4.31 Å². The van der Waals surface area contributed by atoms with Gasteiger partial charge in [-0.05, 0) is 44.9 Å². The Balaban J connectivity index is 0.00000148. The van der Waals surface area contributed by atoms with Crippen molar-refractivity contribution in [2.24, 2.45) is 16.8 Å². The highest BCUT2D eigenvalue weighted by molar-refractivity contribution is 9.10. The molecule has 4 atom stereocenters. The number of thioether (sulfide) groups is 1. The molecule has 1 saturated carbocycles. The summed E-state index contributed by atoms with van der Waals surface area (Å²) < 4.78 is 53.7. The summed E-state index contributed by atoms with van der Waals surface area (Å²) in [5, 5.41) is 0.379. The van der Waals surface area contributed by atoms with E-state index in [4.69, 9.17) is 4.74 Å². The first-order valence-electron chi connectivity index (χ1n) is 9.89. The average Bonchev–Trinajstić information content (AvgIpc) is 3.42. The molecule has 1 amide bonds. The van der Waals surface area contributed by atoms with Crippen LogP contribution in [0, 0.1) is 17.7 Å². The summed E-state index contributed by atoms with van der Waals surface area (Å²) in [5.41, 5.74) is -0.305. The first-order valence-corrected chi connectivity index (χ1v) is 12.2. The van der Waals surface area contributed by atoms with Crippen molar-refractivity contribution in [1.29, 1.82) is 0 Å². The third-order valence-corrected chi connectivity index (χ3v) is 6.88. The van der Waals surface area contributed by atoms with Gasteiger partial charge < -0.3 is 4.74 Å². The molecular formula is C21H31BrF4N2O2S2. The van der Waals surface area contributed by atoms with E-state index < -0.39 is 17.7 Å². The molecule has 0 N–H and O–H groups in total. The second kappa shape index (κ2) is 14.3. The third kappa shape index (κ3) is 8.13. The Labute approximate surface area is 205 Å². The number of amidine groups is 1. The van der Waals surface area contributed by atoms with Crippen LogP contribution in [0.4, 0.5) is 21.9 Å². The molecule has 0 radical (unpaired) electrons. The number of benzene rings is 1. The van der Waals surface area contributed by atoms with Gasteiger partial charge in [-0.25, -0.2) is 9.18 Å². The molecule has 1 aliphatic carbocycles. The number of halogens is 5. The lowest BCUT2D eigenvalue weighted by atomic mass is 10.0. The summed E-state index contributed by atoms with van der Waals surface area (Å²) >= 11 is 4.46. The van der Waals surface area contributed by atoms with Crippen LogP contribution in [0.25, 0.3) is 0 Å². The van der Waals surface area contributed by atoms with E-state index in [0.29, 0.717) is 25.8 Å². The number of amides is 1. The number of hydrogen-bond donors (Lipinski definition) is 0. The number of carbonyl (C=O) groups excluding carboxylic acids is 1. The lowest BCUT2D eigenvalue weighted by Gasteiger charge is -2.27. The number of nitrogens with zero attached hydrogens (tertiary/aromatic N) is 2. The quantitative estimate of drug-likeness (QED) is 0.268. The number of rotatable bonds is 2. The van der Waals surface area contributed by atoms with E-state index in [1.54, 1.807) is 32.9 Å². The second-order valence-electron chi connectivity index (χ2n) is 7.39. The zero-order valence-corrected chi connectivity index (χ0v) is 22.7. The number of fused-ring (bicyclic) bond motifs is 1. The first kappa shape index (κ1) is 31.1. The van der Waals surface area contributed by atoms with Crippen molar-refractivity contribution >= 4 is 51.3 Å². The topological polar surface area (TPSA) is 41.9 Å². The average molecular weight is 564 g/mol. The van der Waals surface area contributed by atoms with E-state index in [0.717, 1.165) is 8.78 Å². The highest BCUT2D eigenvalue weighted by atomic mass is 79.9. The van der Waals surface area contributed by atoms with Gasteiger partial charge in [0.05, 0.1) is 20.4 Å². The maximum Gasteiger partial charge on any atom is 0.428 e. The van der Waals surface area contributed by atoms with Gasteiger partial charge in [0.1, 0.15) is 11.4 Å². The van der Waals surface area contributed by atoms with Gasteiger partial charge >= 0.3 is 6.09 Å². The lowest BCUT2D eigenvalue weighted by molar-refractivity contribution is 0.0473. The fourth-order valence-electron chi connectivity index (χ4n) is 3.02. The Kier molecular flexibility index (Phi) is 13.9. The largest absolute Gasteiger partial charge is 0.443 e. The molecule has 1 fully saturated rings. The Hall–Kier alpha value is -0.940. The molecule has 1 aromatic carbocycles. The van der Waals surface area contributed by atoms with E-state index in [9.17, 15) is 21.9 Å². The summed E-state index contributed by atoms with van der Waals surface area (Å²) in [7, 11) is 1.00. The summed E-state index contributed by atoms with van der Waals surface area (Å²) in [6.45, 7) is 11.2. The lowest BCUT2D eigenvalue weighted by Crippen LogP contribution is -2.36. The third-order valence-electron chi connectivity index (χ3n) is 4.30. The Morgan fingerprint density at radius 2 is 1.78 bits per heavy atom. The van der Waals surface area contributed by atoms with E-state index >= 15 is 0 Å². The zero-order chi connectivity index (χ0) is 25.2. The standard InChI is InChI=1S/C17H19BrF2N2O2S2.C2H6.2CH3F/c1-8-12-13(10-7-9(18)5-6-11(10)19)21-15(25-14(8)12)22(26-20)16(23)24-17(2,3)4;3*1-2/h5-8,12-14H,1-4H3;1-2H3;2*1H3. The fraction of sp³-hybridized carbons (Fsp3) is 0.619. The molecule has 4 nitrogen and oxygen atoms in total. The maximum atomic E-state index is 14.4. The SMILES string of the molecule is CC.CC1C2SC(N(SF)C(=O)OC(C)(C)C)=NC(c3cc(Br)ccc3F)C12.CF.CF. The predicted molar refractivity (Wildman–Crippen MR) is 130 cm³/mol. The molecule has 0 bridgehead atoms. The number of aliphatic imine (C=N–C) groups is 1. The van der Waals surface area contributed by atoms with Crippen LogP contribution in [0.15, 0.2) is 27.7 Å². The second-order valence-corrected chi connectivity index (χ2v) is 9.95. The maximum absolute atomic E-state index is 14.4. The minimum atomic E-state index is -0.823. The van der Waals surface area contributed by atoms with Crippen LogP contribution in [-0.2, 0) is 4.74 Å². The van der Waals surface area contributed by atoms with Crippen molar-refractivity contribution in [3.8, 4) is 0 Å². The molecule has 3 rings (SSSR count). The summed E-state index contributed by atoms with van der Waals surface area (Å²) in [5.74, 6) is 0.107. The minimum Gasteiger partial charge on any atom is -0.443 e. The van der Waals surface area contributed by atoms with Gasteiger partial charge in [0.25, 0.3) is 0 Å². The Morgan fingerprint density at radius 3 is 2.28 bits per heavy atom. The van der Waals surface area contributed by atoms with Crippen LogP contribution >= 0.6 is 40.0 Å².